The first-order valence-corrected chi connectivity index (χ1v) is 11.6. The van der Waals surface area contributed by atoms with Crippen LogP contribution in [0.5, 0.6) is 0 Å². The lowest BCUT2D eigenvalue weighted by Crippen LogP contribution is -2.29. The third-order valence-electron chi connectivity index (χ3n) is 4.55. The Hall–Kier alpha value is -2.62. The number of sulfonamides is 1. The van der Waals surface area contributed by atoms with Crippen LogP contribution in [-0.2, 0) is 10.0 Å². The molecule has 3 aromatic rings. The van der Waals surface area contributed by atoms with E-state index < -0.39 is 15.8 Å². The first-order chi connectivity index (χ1) is 14.3. The Labute approximate surface area is 179 Å². The minimum Gasteiger partial charge on any atom is -0.361 e. The van der Waals surface area contributed by atoms with Crippen LogP contribution in [0.1, 0.15) is 27.2 Å². The van der Waals surface area contributed by atoms with Crippen LogP contribution < -0.4 is 5.32 Å². The van der Waals surface area contributed by atoms with Crippen molar-refractivity contribution in [1.82, 2.24) is 9.29 Å². The molecule has 2 aromatic carbocycles. The number of nitrogens with zero attached hydrogens (tertiary/aromatic N) is 2. The number of hydrogen-bond donors (Lipinski definition) is 1. The SMILES string of the molecule is Cc1ccccc1C(=O)c1cnc(NCCCN(C)S(=O)(=O)c2cccc(F)c2)s1. The fourth-order valence-corrected chi connectivity index (χ4v) is 4.88. The van der Waals surface area contributed by atoms with Crippen molar-refractivity contribution < 1.29 is 17.6 Å². The van der Waals surface area contributed by atoms with Gasteiger partial charge in [-0.25, -0.2) is 22.1 Å². The summed E-state index contributed by atoms with van der Waals surface area (Å²) in [6, 6.07) is 12.3. The van der Waals surface area contributed by atoms with E-state index in [2.05, 4.69) is 10.3 Å². The van der Waals surface area contributed by atoms with E-state index >= 15 is 0 Å². The number of rotatable bonds is 9. The molecule has 0 bridgehead atoms. The minimum atomic E-state index is -3.74. The van der Waals surface area contributed by atoms with Crippen molar-refractivity contribution in [2.45, 2.75) is 18.2 Å². The Morgan fingerprint density at radius 3 is 2.70 bits per heavy atom. The highest BCUT2D eigenvalue weighted by atomic mass is 32.2. The lowest BCUT2D eigenvalue weighted by molar-refractivity contribution is 0.104. The van der Waals surface area contributed by atoms with Crippen LogP contribution in [0.2, 0.25) is 0 Å². The highest BCUT2D eigenvalue weighted by Crippen LogP contribution is 2.23. The standard InChI is InChI=1S/C21H22FN3O3S2/c1-15-7-3-4-10-18(15)20(26)19-14-24-21(29-19)23-11-6-12-25(2)30(27,28)17-9-5-8-16(22)13-17/h3-5,7-10,13-14H,6,11-12H2,1-2H3,(H,23,24). The summed E-state index contributed by atoms with van der Waals surface area (Å²) in [6.07, 6.45) is 2.06. The van der Waals surface area contributed by atoms with Crippen molar-refractivity contribution in [2.75, 3.05) is 25.5 Å². The van der Waals surface area contributed by atoms with Crippen molar-refractivity contribution in [3.05, 3.63) is 76.5 Å². The zero-order valence-electron chi connectivity index (χ0n) is 16.6. The van der Waals surface area contributed by atoms with Crippen LogP contribution >= 0.6 is 11.3 Å². The molecule has 0 amide bonds. The fourth-order valence-electron chi connectivity index (χ4n) is 2.85. The quantitative estimate of drug-likeness (QED) is 0.397. The molecule has 30 heavy (non-hydrogen) atoms. The molecular weight excluding hydrogens is 425 g/mol. The van der Waals surface area contributed by atoms with Gasteiger partial charge in [-0.2, -0.15) is 0 Å². The van der Waals surface area contributed by atoms with Crippen LogP contribution in [0.15, 0.2) is 59.6 Å². The lowest BCUT2D eigenvalue weighted by atomic mass is 10.0. The zero-order chi connectivity index (χ0) is 21.7. The minimum absolute atomic E-state index is 0.0698. The summed E-state index contributed by atoms with van der Waals surface area (Å²) in [5, 5.41) is 3.71. The van der Waals surface area contributed by atoms with Gasteiger partial charge in [-0.3, -0.25) is 4.79 Å². The van der Waals surface area contributed by atoms with Crippen molar-refractivity contribution in [1.29, 1.82) is 0 Å². The maximum atomic E-state index is 13.3. The van der Waals surface area contributed by atoms with Gasteiger partial charge < -0.3 is 5.32 Å². The molecule has 9 heteroatoms. The maximum absolute atomic E-state index is 13.3. The van der Waals surface area contributed by atoms with E-state index in [0.29, 0.717) is 28.5 Å². The van der Waals surface area contributed by atoms with Crippen LogP contribution in [0.25, 0.3) is 0 Å². The summed E-state index contributed by atoms with van der Waals surface area (Å²) < 4.78 is 39.5. The summed E-state index contributed by atoms with van der Waals surface area (Å²) in [6.45, 7) is 2.63. The van der Waals surface area contributed by atoms with Crippen LogP contribution in [0.3, 0.4) is 0 Å². The van der Waals surface area contributed by atoms with Gasteiger partial charge in [0.15, 0.2) is 5.13 Å². The predicted octanol–water partition coefficient (Wildman–Crippen LogP) is 3.94. The van der Waals surface area contributed by atoms with Gasteiger partial charge >= 0.3 is 0 Å². The molecule has 0 radical (unpaired) electrons. The maximum Gasteiger partial charge on any atom is 0.242 e. The second-order valence-corrected chi connectivity index (χ2v) is 9.81. The number of aryl methyl sites for hydroxylation is 1. The van der Waals surface area contributed by atoms with Crippen molar-refractivity contribution in [3.8, 4) is 0 Å². The van der Waals surface area contributed by atoms with E-state index in [1.165, 1.54) is 40.9 Å². The molecule has 158 valence electrons. The summed E-state index contributed by atoms with van der Waals surface area (Å²) in [4.78, 5) is 17.3. The normalized spacial score (nSPS) is 11.6. The third-order valence-corrected chi connectivity index (χ3v) is 7.36. The molecule has 0 aliphatic carbocycles. The molecule has 6 nitrogen and oxygen atoms in total. The van der Waals surface area contributed by atoms with Gasteiger partial charge in [-0.05, 0) is 37.1 Å². The topological polar surface area (TPSA) is 79.4 Å². The average Bonchev–Trinajstić information content (AvgIpc) is 3.20. The molecular formula is C21H22FN3O3S2. The molecule has 0 atom stereocenters. The van der Waals surface area contributed by atoms with Gasteiger partial charge in [0.25, 0.3) is 0 Å². The lowest BCUT2D eigenvalue weighted by Gasteiger charge is -2.17. The Morgan fingerprint density at radius 1 is 1.20 bits per heavy atom. The predicted molar refractivity (Wildman–Crippen MR) is 116 cm³/mol. The highest BCUT2D eigenvalue weighted by molar-refractivity contribution is 7.89. The van der Waals surface area contributed by atoms with Crippen LogP contribution in [0.4, 0.5) is 9.52 Å². The van der Waals surface area contributed by atoms with Gasteiger partial charge in [-0.1, -0.05) is 41.7 Å². The largest absolute Gasteiger partial charge is 0.361 e. The Balaban J connectivity index is 1.53. The third kappa shape index (κ3) is 5.10. The fraction of sp³-hybridized carbons (Fsp3) is 0.238. The van der Waals surface area contributed by atoms with E-state index in [0.717, 1.165) is 11.6 Å². The zero-order valence-corrected chi connectivity index (χ0v) is 18.3. The van der Waals surface area contributed by atoms with Gasteiger partial charge in [0, 0.05) is 25.7 Å². The Bertz CT molecular complexity index is 1150. The van der Waals surface area contributed by atoms with Gasteiger partial charge in [0.1, 0.15) is 5.82 Å². The van der Waals surface area contributed by atoms with E-state index in [1.807, 2.05) is 25.1 Å². The monoisotopic (exact) mass is 447 g/mol. The summed E-state index contributed by atoms with van der Waals surface area (Å²) in [5.41, 5.74) is 1.56. The number of aromatic nitrogens is 1. The van der Waals surface area contributed by atoms with E-state index in [-0.39, 0.29) is 17.2 Å². The molecule has 1 heterocycles. The van der Waals surface area contributed by atoms with E-state index in [4.69, 9.17) is 0 Å². The number of thiazole rings is 1. The molecule has 0 aliphatic rings. The van der Waals surface area contributed by atoms with Crippen molar-refractivity contribution in [2.24, 2.45) is 0 Å². The molecule has 3 rings (SSSR count). The number of carbonyl (C=O) groups is 1. The highest BCUT2D eigenvalue weighted by Gasteiger charge is 2.20. The molecule has 1 N–H and O–H groups in total. The molecule has 0 saturated carbocycles. The summed E-state index contributed by atoms with van der Waals surface area (Å²) in [5.74, 6) is -0.662. The number of ketones is 1. The molecule has 0 saturated heterocycles. The first-order valence-electron chi connectivity index (χ1n) is 9.31. The molecule has 1 aromatic heterocycles. The summed E-state index contributed by atoms with van der Waals surface area (Å²) in [7, 11) is -2.28. The Kier molecular flexibility index (Phi) is 6.96. The number of halogens is 1. The molecule has 0 fully saturated rings. The second-order valence-electron chi connectivity index (χ2n) is 6.74. The van der Waals surface area contributed by atoms with Gasteiger partial charge in [0.2, 0.25) is 15.8 Å². The molecule has 0 aliphatic heterocycles. The van der Waals surface area contributed by atoms with Crippen molar-refractivity contribution >= 4 is 32.3 Å². The smallest absolute Gasteiger partial charge is 0.242 e. The average molecular weight is 448 g/mol. The van der Waals surface area contributed by atoms with Crippen LogP contribution in [-0.4, -0.2) is 43.6 Å². The van der Waals surface area contributed by atoms with E-state index in [9.17, 15) is 17.6 Å². The number of benzene rings is 2. The van der Waals surface area contributed by atoms with Gasteiger partial charge in [-0.15, -0.1) is 0 Å². The number of carbonyl (C=O) groups excluding carboxylic acids is 1. The number of hydrogen-bond acceptors (Lipinski definition) is 6. The number of anilines is 1. The first kappa shape index (κ1) is 22.1. The summed E-state index contributed by atoms with van der Waals surface area (Å²) >= 11 is 1.26. The second kappa shape index (κ2) is 9.46. The van der Waals surface area contributed by atoms with Crippen molar-refractivity contribution in [3.63, 3.8) is 0 Å². The Morgan fingerprint density at radius 2 is 1.97 bits per heavy atom. The molecule has 0 spiro atoms. The number of nitrogens with one attached hydrogen (secondary N) is 1. The van der Waals surface area contributed by atoms with E-state index in [1.54, 1.807) is 12.3 Å². The molecule has 0 unspecified atom stereocenters. The van der Waals surface area contributed by atoms with Gasteiger partial charge in [0.05, 0.1) is 16.0 Å². The van der Waals surface area contributed by atoms with Crippen LogP contribution in [0, 0.1) is 12.7 Å².